The maximum absolute atomic E-state index is 5.27. The number of alkyl halides is 1. The zero-order valence-electron chi connectivity index (χ0n) is 8.74. The molecule has 2 nitrogen and oxygen atoms in total. The number of hydrogen-bond acceptors (Lipinski definition) is 2. The van der Waals surface area contributed by atoms with Gasteiger partial charge in [0, 0.05) is 11.8 Å². The van der Waals surface area contributed by atoms with E-state index < -0.39 is 0 Å². The van der Waals surface area contributed by atoms with E-state index >= 15 is 0 Å². The molecule has 0 N–H and O–H groups in total. The van der Waals surface area contributed by atoms with Crippen molar-refractivity contribution in [3.8, 4) is 0 Å². The fourth-order valence-corrected chi connectivity index (χ4v) is 1.96. The lowest BCUT2D eigenvalue weighted by atomic mass is 10.0. The van der Waals surface area contributed by atoms with Gasteiger partial charge in [-0.05, 0) is 17.5 Å². The molecule has 0 radical (unpaired) electrons. The van der Waals surface area contributed by atoms with Crippen LogP contribution in [0.15, 0.2) is 29.4 Å². The lowest BCUT2D eigenvalue weighted by molar-refractivity contribution is 0.104. The lowest BCUT2D eigenvalue weighted by Gasteiger charge is -2.02. The summed E-state index contributed by atoms with van der Waals surface area (Å²) in [5.74, 6) is 0. The molecule has 1 aromatic rings. The quantitative estimate of drug-likeness (QED) is 0.772. The molecule has 3 heteroatoms. The molecule has 0 aromatic heterocycles. The first-order valence-electron chi connectivity index (χ1n) is 5.21. The molecule has 1 aliphatic rings. The van der Waals surface area contributed by atoms with Crippen molar-refractivity contribution in [1.82, 2.24) is 0 Å². The van der Waals surface area contributed by atoms with Gasteiger partial charge in [-0.1, -0.05) is 52.3 Å². The monoisotopic (exact) mass is 267 g/mol. The van der Waals surface area contributed by atoms with Crippen molar-refractivity contribution in [3.05, 3.63) is 35.4 Å². The molecular formula is C12H14BrNO. The molecule has 0 amide bonds. The van der Waals surface area contributed by atoms with E-state index in [1.54, 1.807) is 0 Å². The van der Waals surface area contributed by atoms with Gasteiger partial charge in [0.15, 0.2) is 0 Å². The summed E-state index contributed by atoms with van der Waals surface area (Å²) in [4.78, 5) is 5.27. The summed E-state index contributed by atoms with van der Waals surface area (Å²) in [5.41, 5.74) is 3.59. The molecule has 1 heterocycles. The molecule has 0 fully saturated rings. The second-order valence-corrected chi connectivity index (χ2v) is 4.32. The standard InChI is InChI=1S/C12H14BrNO/c1-2-9-3-5-10(6-4-9)12-7-11(8-13)15-14-12/h3-6,11H,2,7-8H2,1H3/t11-/m1/s1. The predicted octanol–water partition coefficient (Wildman–Crippen LogP) is 3.14. The van der Waals surface area contributed by atoms with Gasteiger partial charge in [0.1, 0.15) is 6.10 Å². The van der Waals surface area contributed by atoms with Crippen LogP contribution in [0.25, 0.3) is 0 Å². The van der Waals surface area contributed by atoms with Crippen LogP contribution >= 0.6 is 15.9 Å². The molecule has 0 bridgehead atoms. The largest absolute Gasteiger partial charge is 0.391 e. The summed E-state index contributed by atoms with van der Waals surface area (Å²) in [6.07, 6.45) is 2.18. The smallest absolute Gasteiger partial charge is 0.142 e. The second-order valence-electron chi connectivity index (χ2n) is 3.67. The van der Waals surface area contributed by atoms with Crippen LogP contribution in [0, 0.1) is 0 Å². The van der Waals surface area contributed by atoms with E-state index in [0.29, 0.717) is 0 Å². The van der Waals surface area contributed by atoms with Crippen molar-refractivity contribution in [3.63, 3.8) is 0 Å². The summed E-state index contributed by atoms with van der Waals surface area (Å²) in [6.45, 7) is 2.16. The highest BCUT2D eigenvalue weighted by atomic mass is 79.9. The van der Waals surface area contributed by atoms with Gasteiger partial charge in [-0.25, -0.2) is 0 Å². The summed E-state index contributed by atoms with van der Waals surface area (Å²) >= 11 is 3.40. The van der Waals surface area contributed by atoms with E-state index in [2.05, 4.69) is 52.3 Å². The Morgan fingerprint density at radius 3 is 2.67 bits per heavy atom. The average molecular weight is 268 g/mol. The third-order valence-corrected chi connectivity index (χ3v) is 3.32. The fourth-order valence-electron chi connectivity index (χ4n) is 1.61. The Labute approximate surface area is 98.4 Å². The Bertz CT molecular complexity index is 358. The maximum Gasteiger partial charge on any atom is 0.142 e. The van der Waals surface area contributed by atoms with E-state index in [0.717, 1.165) is 23.9 Å². The van der Waals surface area contributed by atoms with Crippen LogP contribution in [0.2, 0.25) is 0 Å². The molecule has 2 rings (SSSR count). The number of aryl methyl sites for hydroxylation is 1. The molecule has 80 valence electrons. The molecule has 0 spiro atoms. The third kappa shape index (κ3) is 2.40. The van der Waals surface area contributed by atoms with E-state index in [4.69, 9.17) is 4.84 Å². The van der Waals surface area contributed by atoms with E-state index in [9.17, 15) is 0 Å². The number of hydrogen-bond donors (Lipinski definition) is 0. The first-order valence-corrected chi connectivity index (χ1v) is 6.33. The van der Waals surface area contributed by atoms with Crippen LogP contribution in [0.5, 0.6) is 0 Å². The van der Waals surface area contributed by atoms with Crippen molar-refractivity contribution < 1.29 is 4.84 Å². The Balaban J connectivity index is 2.10. The van der Waals surface area contributed by atoms with Crippen LogP contribution in [0.3, 0.4) is 0 Å². The van der Waals surface area contributed by atoms with Crippen LogP contribution in [0.4, 0.5) is 0 Å². The van der Waals surface area contributed by atoms with Gasteiger partial charge in [-0.15, -0.1) is 0 Å². The highest BCUT2D eigenvalue weighted by molar-refractivity contribution is 9.09. The minimum atomic E-state index is 0.200. The minimum Gasteiger partial charge on any atom is -0.391 e. The van der Waals surface area contributed by atoms with E-state index in [1.165, 1.54) is 11.1 Å². The van der Waals surface area contributed by atoms with E-state index in [-0.39, 0.29) is 6.10 Å². The van der Waals surface area contributed by atoms with Gasteiger partial charge in [0.05, 0.1) is 5.71 Å². The van der Waals surface area contributed by atoms with Crippen molar-refractivity contribution in [2.45, 2.75) is 25.9 Å². The van der Waals surface area contributed by atoms with Gasteiger partial charge >= 0.3 is 0 Å². The summed E-state index contributed by atoms with van der Waals surface area (Å²) in [5, 5.41) is 4.94. The van der Waals surface area contributed by atoms with Gasteiger partial charge < -0.3 is 4.84 Å². The summed E-state index contributed by atoms with van der Waals surface area (Å²) < 4.78 is 0. The number of rotatable bonds is 3. The lowest BCUT2D eigenvalue weighted by Crippen LogP contribution is -2.09. The topological polar surface area (TPSA) is 21.6 Å². The van der Waals surface area contributed by atoms with Gasteiger partial charge in [0.25, 0.3) is 0 Å². The fraction of sp³-hybridized carbons (Fsp3) is 0.417. The average Bonchev–Trinajstić information content (AvgIpc) is 2.78. The van der Waals surface area contributed by atoms with Crippen molar-refractivity contribution in [1.29, 1.82) is 0 Å². The van der Waals surface area contributed by atoms with Crippen LogP contribution in [0.1, 0.15) is 24.5 Å². The van der Waals surface area contributed by atoms with Crippen molar-refractivity contribution >= 4 is 21.6 Å². The summed E-state index contributed by atoms with van der Waals surface area (Å²) in [7, 11) is 0. The van der Waals surface area contributed by atoms with Gasteiger partial charge in [-0.2, -0.15) is 0 Å². The number of halogens is 1. The van der Waals surface area contributed by atoms with Crippen LogP contribution in [-0.2, 0) is 11.3 Å². The van der Waals surface area contributed by atoms with Crippen molar-refractivity contribution in [2.75, 3.05) is 5.33 Å². The molecule has 1 aliphatic heterocycles. The highest BCUT2D eigenvalue weighted by Gasteiger charge is 2.20. The number of oxime groups is 1. The highest BCUT2D eigenvalue weighted by Crippen LogP contribution is 2.18. The molecule has 15 heavy (non-hydrogen) atoms. The number of benzene rings is 1. The number of nitrogens with zero attached hydrogens (tertiary/aromatic N) is 1. The minimum absolute atomic E-state index is 0.200. The van der Waals surface area contributed by atoms with Gasteiger partial charge in [0.2, 0.25) is 0 Å². The van der Waals surface area contributed by atoms with Crippen LogP contribution < -0.4 is 0 Å². The molecule has 1 atom stereocenters. The van der Waals surface area contributed by atoms with Crippen LogP contribution in [-0.4, -0.2) is 17.1 Å². The Kier molecular flexibility index (Phi) is 3.41. The summed E-state index contributed by atoms with van der Waals surface area (Å²) in [6, 6.07) is 8.55. The first-order chi connectivity index (χ1) is 7.33. The maximum atomic E-state index is 5.27. The molecule has 0 saturated heterocycles. The van der Waals surface area contributed by atoms with Gasteiger partial charge in [-0.3, -0.25) is 0 Å². The normalized spacial score (nSPS) is 19.9. The molecular weight excluding hydrogens is 254 g/mol. The first kappa shape index (κ1) is 10.7. The molecule has 0 unspecified atom stereocenters. The van der Waals surface area contributed by atoms with Crippen molar-refractivity contribution in [2.24, 2.45) is 5.16 Å². The Morgan fingerprint density at radius 1 is 1.40 bits per heavy atom. The molecule has 1 aromatic carbocycles. The molecule has 0 saturated carbocycles. The third-order valence-electron chi connectivity index (χ3n) is 2.60. The Hall–Kier alpha value is -0.830. The SMILES string of the molecule is CCc1ccc(C2=NO[C@@H](CBr)C2)cc1. The molecule has 0 aliphatic carbocycles. The zero-order chi connectivity index (χ0) is 10.7. The Morgan fingerprint density at radius 2 is 2.13 bits per heavy atom. The second kappa shape index (κ2) is 4.79. The predicted molar refractivity (Wildman–Crippen MR) is 65.6 cm³/mol. The van der Waals surface area contributed by atoms with E-state index in [1.807, 2.05) is 0 Å². The zero-order valence-corrected chi connectivity index (χ0v) is 10.3.